The molecule has 0 fully saturated rings. The fourth-order valence-corrected chi connectivity index (χ4v) is 3.57. The van der Waals surface area contributed by atoms with Crippen LogP contribution in [0.25, 0.3) is 5.69 Å². The van der Waals surface area contributed by atoms with Crippen LogP contribution >= 0.6 is 11.8 Å². The predicted molar refractivity (Wildman–Crippen MR) is 99.3 cm³/mol. The molecule has 0 saturated heterocycles. The minimum Gasteiger partial charge on any atom is -0.463 e. The highest BCUT2D eigenvalue weighted by Gasteiger charge is 2.31. The van der Waals surface area contributed by atoms with Gasteiger partial charge in [-0.25, -0.2) is 9.59 Å². The van der Waals surface area contributed by atoms with Gasteiger partial charge in [0.15, 0.2) is 0 Å². The van der Waals surface area contributed by atoms with Crippen molar-refractivity contribution in [1.82, 2.24) is 30.8 Å². The number of ether oxygens (including phenoxy) is 1. The number of para-hydroxylation sites is 1. The summed E-state index contributed by atoms with van der Waals surface area (Å²) in [5.74, 6) is -0.110. The van der Waals surface area contributed by atoms with Crippen LogP contribution in [-0.4, -0.2) is 50.6 Å². The maximum atomic E-state index is 12.4. The summed E-state index contributed by atoms with van der Waals surface area (Å²) in [5.41, 5.74) is 1.77. The van der Waals surface area contributed by atoms with Gasteiger partial charge in [0.1, 0.15) is 0 Å². The highest BCUT2D eigenvalue weighted by molar-refractivity contribution is 7.99. The van der Waals surface area contributed by atoms with Gasteiger partial charge in [-0.15, -0.1) is 5.10 Å². The Morgan fingerprint density at radius 3 is 2.78 bits per heavy atom. The number of amides is 2. The van der Waals surface area contributed by atoms with Crippen molar-refractivity contribution in [2.75, 3.05) is 12.4 Å². The summed E-state index contributed by atoms with van der Waals surface area (Å²) in [6.45, 7) is 3.91. The van der Waals surface area contributed by atoms with Gasteiger partial charge in [-0.2, -0.15) is 4.68 Å². The standard InChI is InChI=1S/C17H20N6O3S/c1-3-12-14(15(24)26-4-2)13(19-16(25)18-12)10-27-17-20-21-22-23(17)11-8-6-5-7-9-11/h5-9,12H,3-4,10H2,1-2H3,(H2,18,19,25)/t12-/m1/s1. The van der Waals surface area contributed by atoms with E-state index in [9.17, 15) is 9.59 Å². The number of benzene rings is 1. The second-order valence-corrected chi connectivity index (χ2v) is 6.61. The summed E-state index contributed by atoms with van der Waals surface area (Å²) in [7, 11) is 0. The van der Waals surface area contributed by atoms with Crippen LogP contribution in [-0.2, 0) is 9.53 Å². The van der Waals surface area contributed by atoms with Crippen LogP contribution in [0.2, 0.25) is 0 Å². The topological polar surface area (TPSA) is 111 Å². The van der Waals surface area contributed by atoms with Gasteiger partial charge in [0, 0.05) is 11.4 Å². The molecular formula is C17H20N6O3S. The normalized spacial score (nSPS) is 16.7. The number of hydrogen-bond donors (Lipinski definition) is 2. The van der Waals surface area contributed by atoms with Crippen LogP contribution in [0, 0.1) is 0 Å². The lowest BCUT2D eigenvalue weighted by molar-refractivity contribution is -0.139. The quantitative estimate of drug-likeness (QED) is 0.548. The molecule has 2 amide bonds. The molecule has 3 rings (SSSR count). The fraction of sp³-hybridized carbons (Fsp3) is 0.353. The number of urea groups is 1. The molecule has 2 N–H and O–H groups in total. The Balaban J connectivity index is 1.85. The zero-order valence-corrected chi connectivity index (χ0v) is 15.8. The lowest BCUT2D eigenvalue weighted by Gasteiger charge is -2.28. The first-order valence-electron chi connectivity index (χ1n) is 8.58. The average Bonchev–Trinajstić information content (AvgIpc) is 3.15. The van der Waals surface area contributed by atoms with Crippen molar-refractivity contribution in [1.29, 1.82) is 0 Å². The van der Waals surface area contributed by atoms with E-state index in [1.54, 1.807) is 11.6 Å². The summed E-state index contributed by atoms with van der Waals surface area (Å²) in [6.07, 6.45) is 0.581. The molecule has 10 heteroatoms. The Labute approximate surface area is 160 Å². The first kappa shape index (κ1) is 18.9. The highest BCUT2D eigenvalue weighted by atomic mass is 32.2. The number of nitrogens with zero attached hydrogens (tertiary/aromatic N) is 4. The summed E-state index contributed by atoms with van der Waals surface area (Å²) >= 11 is 1.33. The van der Waals surface area contributed by atoms with Gasteiger partial charge in [-0.3, -0.25) is 0 Å². The van der Waals surface area contributed by atoms with E-state index >= 15 is 0 Å². The lowest BCUT2D eigenvalue weighted by Crippen LogP contribution is -2.50. The van der Waals surface area contributed by atoms with Crippen molar-refractivity contribution in [3.05, 3.63) is 41.6 Å². The number of carbonyl (C=O) groups is 2. The zero-order valence-electron chi connectivity index (χ0n) is 15.0. The summed E-state index contributed by atoms with van der Waals surface area (Å²) in [5, 5.41) is 17.8. The number of tetrazole rings is 1. The summed E-state index contributed by atoms with van der Waals surface area (Å²) < 4.78 is 6.77. The smallest absolute Gasteiger partial charge is 0.337 e. The van der Waals surface area contributed by atoms with Gasteiger partial charge in [0.25, 0.3) is 0 Å². The minimum absolute atomic E-state index is 0.263. The predicted octanol–water partition coefficient (Wildman–Crippen LogP) is 1.66. The van der Waals surface area contributed by atoms with Crippen molar-refractivity contribution >= 4 is 23.8 Å². The average molecular weight is 388 g/mol. The van der Waals surface area contributed by atoms with E-state index < -0.39 is 12.0 Å². The Hall–Kier alpha value is -2.88. The lowest BCUT2D eigenvalue weighted by atomic mass is 10.0. The third kappa shape index (κ3) is 4.27. The molecular weight excluding hydrogens is 368 g/mol. The maximum Gasteiger partial charge on any atom is 0.337 e. The largest absolute Gasteiger partial charge is 0.463 e. The van der Waals surface area contributed by atoms with E-state index in [-0.39, 0.29) is 12.6 Å². The van der Waals surface area contributed by atoms with Crippen molar-refractivity contribution in [2.45, 2.75) is 31.5 Å². The number of aromatic nitrogens is 4. The van der Waals surface area contributed by atoms with Gasteiger partial charge in [0.2, 0.25) is 5.16 Å². The number of rotatable bonds is 7. The van der Waals surface area contributed by atoms with Gasteiger partial charge in [-0.05, 0) is 35.9 Å². The van der Waals surface area contributed by atoms with E-state index in [0.717, 1.165) is 5.69 Å². The van der Waals surface area contributed by atoms with Crippen molar-refractivity contribution in [3.63, 3.8) is 0 Å². The van der Waals surface area contributed by atoms with E-state index in [1.807, 2.05) is 37.3 Å². The number of hydrogen-bond acceptors (Lipinski definition) is 7. The van der Waals surface area contributed by atoms with Crippen molar-refractivity contribution in [2.24, 2.45) is 0 Å². The van der Waals surface area contributed by atoms with Gasteiger partial charge in [0.05, 0.1) is 23.9 Å². The first-order valence-corrected chi connectivity index (χ1v) is 9.56. The van der Waals surface area contributed by atoms with E-state index in [1.165, 1.54) is 11.8 Å². The maximum absolute atomic E-state index is 12.4. The summed E-state index contributed by atoms with van der Waals surface area (Å²) in [4.78, 5) is 24.4. The number of esters is 1. The van der Waals surface area contributed by atoms with Crippen LogP contribution in [0.3, 0.4) is 0 Å². The number of nitrogens with one attached hydrogen (secondary N) is 2. The molecule has 1 aliphatic rings. The first-order chi connectivity index (χ1) is 13.1. The van der Waals surface area contributed by atoms with E-state index in [0.29, 0.717) is 28.6 Å². The molecule has 2 heterocycles. The molecule has 2 aromatic rings. The molecule has 0 saturated carbocycles. The Kier molecular flexibility index (Phi) is 6.07. The zero-order chi connectivity index (χ0) is 19.2. The molecule has 0 spiro atoms. The van der Waals surface area contributed by atoms with E-state index in [2.05, 4.69) is 26.2 Å². The monoisotopic (exact) mass is 388 g/mol. The van der Waals surface area contributed by atoms with Crippen LogP contribution in [0.1, 0.15) is 20.3 Å². The molecule has 142 valence electrons. The molecule has 1 aliphatic heterocycles. The fourth-order valence-electron chi connectivity index (χ4n) is 2.71. The molecule has 27 heavy (non-hydrogen) atoms. The third-order valence-electron chi connectivity index (χ3n) is 3.93. The molecule has 1 aromatic carbocycles. The Bertz CT molecular complexity index is 851. The Morgan fingerprint density at radius 1 is 1.30 bits per heavy atom. The number of carbonyl (C=O) groups excluding carboxylic acids is 2. The molecule has 0 radical (unpaired) electrons. The molecule has 0 aliphatic carbocycles. The van der Waals surface area contributed by atoms with Crippen LogP contribution < -0.4 is 10.6 Å². The van der Waals surface area contributed by atoms with Crippen LogP contribution in [0.15, 0.2) is 46.8 Å². The molecule has 1 atom stereocenters. The van der Waals surface area contributed by atoms with Crippen molar-refractivity contribution < 1.29 is 14.3 Å². The van der Waals surface area contributed by atoms with Crippen LogP contribution in [0.5, 0.6) is 0 Å². The molecule has 0 unspecified atom stereocenters. The van der Waals surface area contributed by atoms with Gasteiger partial charge in [-0.1, -0.05) is 36.9 Å². The molecule has 0 bridgehead atoms. The van der Waals surface area contributed by atoms with Crippen LogP contribution in [0.4, 0.5) is 4.79 Å². The minimum atomic E-state index is -0.435. The number of thioether (sulfide) groups is 1. The Morgan fingerprint density at radius 2 is 2.07 bits per heavy atom. The second-order valence-electron chi connectivity index (χ2n) is 5.67. The summed E-state index contributed by atoms with van der Waals surface area (Å²) in [6, 6.07) is 8.75. The second kappa shape index (κ2) is 8.67. The molecule has 9 nitrogen and oxygen atoms in total. The van der Waals surface area contributed by atoms with E-state index in [4.69, 9.17) is 4.74 Å². The van der Waals surface area contributed by atoms with Crippen molar-refractivity contribution in [3.8, 4) is 5.69 Å². The van der Waals surface area contributed by atoms with Gasteiger partial charge < -0.3 is 15.4 Å². The molecule has 1 aromatic heterocycles. The van der Waals surface area contributed by atoms with Gasteiger partial charge >= 0.3 is 12.0 Å². The highest BCUT2D eigenvalue weighted by Crippen LogP contribution is 2.24. The SMILES string of the molecule is CCOC(=O)C1=C(CSc2nnnn2-c2ccccc2)NC(=O)N[C@@H]1CC. The third-order valence-corrected chi connectivity index (χ3v) is 4.88.